The molecule has 1 aromatic heterocycles. The summed E-state index contributed by atoms with van der Waals surface area (Å²) in [5.74, 6) is 0.0819. The fourth-order valence-electron chi connectivity index (χ4n) is 4.83. The highest BCUT2D eigenvalue weighted by Gasteiger charge is 2.30. The van der Waals surface area contributed by atoms with Crippen molar-refractivity contribution in [2.75, 3.05) is 12.5 Å². The largest absolute Gasteiger partial charge is 0.496 e. The van der Waals surface area contributed by atoms with E-state index < -0.39 is 12.3 Å². The Kier molecular flexibility index (Phi) is 6.57. The summed E-state index contributed by atoms with van der Waals surface area (Å²) in [5, 5.41) is 8.97. The second kappa shape index (κ2) is 9.95. The lowest BCUT2D eigenvalue weighted by Crippen LogP contribution is -2.16. The molecule has 1 aliphatic carbocycles. The number of halogens is 1. The van der Waals surface area contributed by atoms with Gasteiger partial charge in [-0.05, 0) is 71.7 Å². The van der Waals surface area contributed by atoms with Gasteiger partial charge in [-0.3, -0.25) is 4.98 Å². The number of carboxylic acids is 1. The molecule has 6 nitrogen and oxygen atoms in total. The summed E-state index contributed by atoms with van der Waals surface area (Å²) in [6, 6.07) is 15.5. The normalized spacial score (nSPS) is 17.8. The number of hydrogen-bond donors (Lipinski definition) is 3. The van der Waals surface area contributed by atoms with E-state index in [0.29, 0.717) is 11.5 Å². The maximum Gasteiger partial charge on any atom is 0.328 e. The number of pyridine rings is 1. The minimum Gasteiger partial charge on any atom is -0.496 e. The van der Waals surface area contributed by atoms with Gasteiger partial charge in [-0.15, -0.1) is 0 Å². The standard InChI is InChI=1S/C29H28FN3O3/c1-17-14-25(36-2)23(16-31-17)28(19-4-3-5-19)27(20-9-6-18(7-10-20)8-13-26(34)35)21-11-12-24-22(15-21)29(30)33-32-24/h6-16,19,29,32-33H,3-5H2,1-2H3,(H,34,35)/b13-8+,28-27+. The molecule has 0 amide bonds. The summed E-state index contributed by atoms with van der Waals surface area (Å²) in [7, 11) is 1.67. The summed E-state index contributed by atoms with van der Waals surface area (Å²) >= 11 is 0. The lowest BCUT2D eigenvalue weighted by Gasteiger charge is -2.32. The zero-order valence-corrected chi connectivity index (χ0v) is 20.2. The molecule has 184 valence electrons. The Bertz CT molecular complexity index is 1360. The lowest BCUT2D eigenvalue weighted by molar-refractivity contribution is -0.131. The van der Waals surface area contributed by atoms with Gasteiger partial charge in [0.15, 0.2) is 6.30 Å². The van der Waals surface area contributed by atoms with Crippen LogP contribution < -0.4 is 15.6 Å². The number of allylic oxidation sites excluding steroid dienone is 1. The smallest absolute Gasteiger partial charge is 0.328 e. The van der Waals surface area contributed by atoms with E-state index in [-0.39, 0.29) is 0 Å². The zero-order chi connectivity index (χ0) is 25.2. The molecule has 3 N–H and O–H groups in total. The third kappa shape index (κ3) is 4.62. The number of anilines is 1. The van der Waals surface area contributed by atoms with Crippen LogP contribution in [0.4, 0.5) is 10.1 Å². The topological polar surface area (TPSA) is 83.5 Å². The quantitative estimate of drug-likeness (QED) is 0.275. The van der Waals surface area contributed by atoms with Gasteiger partial charge in [0.25, 0.3) is 0 Å². The number of rotatable bonds is 7. The summed E-state index contributed by atoms with van der Waals surface area (Å²) in [5.41, 5.74) is 13.4. The SMILES string of the molecule is COc1cc(C)ncc1/C(=C(\c1ccc(/C=C/C(=O)O)cc1)c1ccc2c(c1)C(F)NN2)C1CCC1. The molecule has 2 aliphatic rings. The fraction of sp³-hybridized carbons (Fsp3) is 0.241. The van der Waals surface area contributed by atoms with Gasteiger partial charge in [-0.1, -0.05) is 36.8 Å². The van der Waals surface area contributed by atoms with Crippen LogP contribution in [0.15, 0.2) is 60.8 Å². The Morgan fingerprint density at radius 2 is 1.89 bits per heavy atom. The molecule has 2 aromatic carbocycles. The van der Waals surface area contributed by atoms with Crippen LogP contribution in [0.2, 0.25) is 0 Å². The van der Waals surface area contributed by atoms with Crippen molar-refractivity contribution in [1.82, 2.24) is 10.4 Å². The first kappa shape index (κ1) is 23.8. The molecule has 1 aliphatic heterocycles. The van der Waals surface area contributed by atoms with E-state index in [1.807, 2.05) is 61.7 Å². The van der Waals surface area contributed by atoms with Crippen molar-refractivity contribution in [2.24, 2.45) is 5.92 Å². The van der Waals surface area contributed by atoms with Crippen LogP contribution in [0.25, 0.3) is 17.2 Å². The van der Waals surface area contributed by atoms with Crippen molar-refractivity contribution in [2.45, 2.75) is 32.5 Å². The van der Waals surface area contributed by atoms with Gasteiger partial charge in [-0.2, -0.15) is 0 Å². The number of fused-ring (bicyclic) bond motifs is 1. The molecule has 2 heterocycles. The number of hydrogen-bond acceptors (Lipinski definition) is 5. The molecule has 0 radical (unpaired) electrons. The average Bonchev–Trinajstić information content (AvgIpc) is 3.22. The van der Waals surface area contributed by atoms with Crippen molar-refractivity contribution in [3.05, 3.63) is 94.3 Å². The lowest BCUT2D eigenvalue weighted by atomic mass is 9.73. The van der Waals surface area contributed by atoms with E-state index in [1.165, 1.54) is 0 Å². The number of carbonyl (C=O) groups is 1. The van der Waals surface area contributed by atoms with Crippen molar-refractivity contribution >= 4 is 28.9 Å². The van der Waals surface area contributed by atoms with E-state index in [4.69, 9.17) is 9.84 Å². The predicted octanol–water partition coefficient (Wildman–Crippen LogP) is 6.15. The maximum absolute atomic E-state index is 14.6. The highest BCUT2D eigenvalue weighted by molar-refractivity contribution is 6.01. The van der Waals surface area contributed by atoms with Crippen molar-refractivity contribution < 1.29 is 19.0 Å². The molecule has 5 rings (SSSR count). The highest BCUT2D eigenvalue weighted by atomic mass is 19.1. The van der Waals surface area contributed by atoms with Crippen LogP contribution in [-0.2, 0) is 4.79 Å². The summed E-state index contributed by atoms with van der Waals surface area (Å²) in [6.45, 7) is 1.94. The number of nitrogens with zero attached hydrogens (tertiary/aromatic N) is 1. The van der Waals surface area contributed by atoms with Gasteiger partial charge < -0.3 is 15.3 Å². The van der Waals surface area contributed by atoms with Crippen molar-refractivity contribution in [3.8, 4) is 5.75 Å². The number of aliphatic carboxylic acids is 1. The van der Waals surface area contributed by atoms with Crippen LogP contribution in [0.3, 0.4) is 0 Å². The fourth-order valence-corrected chi connectivity index (χ4v) is 4.83. The minimum absolute atomic E-state index is 0.315. The highest BCUT2D eigenvalue weighted by Crippen LogP contribution is 2.48. The molecule has 1 atom stereocenters. The number of nitrogens with one attached hydrogen (secondary N) is 2. The Balaban J connectivity index is 1.75. The third-order valence-corrected chi connectivity index (χ3v) is 6.86. The third-order valence-electron chi connectivity index (χ3n) is 6.86. The van der Waals surface area contributed by atoms with Gasteiger partial charge in [0, 0.05) is 35.2 Å². The number of ether oxygens (including phenoxy) is 1. The Hall–Kier alpha value is -3.97. The monoisotopic (exact) mass is 485 g/mol. The van der Waals surface area contributed by atoms with Crippen molar-refractivity contribution in [1.29, 1.82) is 0 Å². The Labute approximate surface area is 209 Å². The Morgan fingerprint density at radius 3 is 2.56 bits per heavy atom. The second-order valence-corrected chi connectivity index (χ2v) is 9.17. The molecule has 1 unspecified atom stereocenters. The van der Waals surface area contributed by atoms with Crippen LogP contribution >= 0.6 is 0 Å². The molecule has 3 aromatic rings. The van der Waals surface area contributed by atoms with E-state index in [9.17, 15) is 9.18 Å². The molecule has 7 heteroatoms. The van der Waals surface area contributed by atoms with Crippen molar-refractivity contribution in [3.63, 3.8) is 0 Å². The molecule has 0 saturated heterocycles. The summed E-state index contributed by atoms with van der Waals surface area (Å²) in [6.07, 6.45) is 6.51. The van der Waals surface area contributed by atoms with Crippen LogP contribution in [0.1, 0.15) is 59.1 Å². The van der Waals surface area contributed by atoms with Gasteiger partial charge in [-0.25, -0.2) is 14.6 Å². The van der Waals surface area contributed by atoms with Crippen LogP contribution in [0.5, 0.6) is 5.75 Å². The molecule has 1 saturated carbocycles. The van der Waals surface area contributed by atoms with Gasteiger partial charge in [0.2, 0.25) is 0 Å². The van der Waals surface area contributed by atoms with E-state index in [2.05, 4.69) is 15.8 Å². The second-order valence-electron chi connectivity index (χ2n) is 9.17. The molecule has 0 bridgehead atoms. The Morgan fingerprint density at radius 1 is 1.14 bits per heavy atom. The number of alkyl halides is 1. The number of hydrazine groups is 1. The molecule has 1 fully saturated rings. The molecule has 36 heavy (non-hydrogen) atoms. The summed E-state index contributed by atoms with van der Waals surface area (Å²) in [4.78, 5) is 15.5. The van der Waals surface area contributed by atoms with E-state index in [0.717, 1.165) is 75.9 Å². The number of aromatic nitrogens is 1. The molecular formula is C29H28FN3O3. The molecule has 0 spiro atoms. The first-order valence-corrected chi connectivity index (χ1v) is 12.0. The van der Waals surface area contributed by atoms with Gasteiger partial charge >= 0.3 is 5.97 Å². The van der Waals surface area contributed by atoms with Gasteiger partial charge in [0.05, 0.1) is 12.8 Å². The number of methoxy groups -OCH3 is 1. The van der Waals surface area contributed by atoms with E-state index >= 15 is 0 Å². The number of aryl methyl sites for hydroxylation is 1. The van der Waals surface area contributed by atoms with Gasteiger partial charge in [0.1, 0.15) is 5.75 Å². The maximum atomic E-state index is 14.6. The first-order valence-electron chi connectivity index (χ1n) is 12.0. The predicted molar refractivity (Wildman–Crippen MR) is 139 cm³/mol. The number of carboxylic acid groups (broad SMARTS) is 1. The minimum atomic E-state index is -1.30. The first-order chi connectivity index (χ1) is 17.4. The van der Waals surface area contributed by atoms with Crippen LogP contribution in [0, 0.1) is 12.8 Å². The van der Waals surface area contributed by atoms with E-state index in [1.54, 1.807) is 13.2 Å². The number of benzene rings is 2. The summed E-state index contributed by atoms with van der Waals surface area (Å²) < 4.78 is 20.4. The molecular weight excluding hydrogens is 457 g/mol. The van der Waals surface area contributed by atoms with Crippen LogP contribution in [-0.4, -0.2) is 23.2 Å². The zero-order valence-electron chi connectivity index (χ0n) is 20.2. The average molecular weight is 486 g/mol.